The molecule has 1 atom stereocenters. The summed E-state index contributed by atoms with van der Waals surface area (Å²) in [6.45, 7) is 4.48. The number of rotatable bonds is 6. The third-order valence-corrected chi connectivity index (χ3v) is 4.44. The van der Waals surface area contributed by atoms with Crippen molar-refractivity contribution < 1.29 is 4.79 Å². The summed E-state index contributed by atoms with van der Waals surface area (Å²) < 4.78 is 1.56. The number of carbonyl (C=O) groups excluding carboxylic acids is 1. The molecule has 112 valence electrons. The summed E-state index contributed by atoms with van der Waals surface area (Å²) in [7, 11) is 1.76. The molecule has 21 heavy (non-hydrogen) atoms. The molecule has 0 radical (unpaired) electrons. The van der Waals surface area contributed by atoms with Gasteiger partial charge >= 0.3 is 0 Å². The second-order valence-corrected chi connectivity index (χ2v) is 6.06. The van der Waals surface area contributed by atoms with Crippen LogP contribution in [-0.4, -0.2) is 36.3 Å². The molecule has 1 N–H and O–H groups in total. The Morgan fingerprint density at radius 3 is 2.86 bits per heavy atom. The minimum absolute atomic E-state index is 0.0261. The lowest BCUT2D eigenvalue weighted by molar-refractivity contribution is -0.121. The Morgan fingerprint density at radius 1 is 1.48 bits per heavy atom. The number of pyridine rings is 1. The van der Waals surface area contributed by atoms with Gasteiger partial charge in [-0.3, -0.25) is 9.78 Å². The lowest BCUT2D eigenvalue weighted by Crippen LogP contribution is -2.35. The van der Waals surface area contributed by atoms with Crippen molar-refractivity contribution in [1.82, 2.24) is 30.5 Å². The molecule has 7 nitrogen and oxygen atoms in total. The highest BCUT2D eigenvalue weighted by atomic mass is 32.2. The van der Waals surface area contributed by atoms with Crippen LogP contribution in [0.1, 0.15) is 19.4 Å². The van der Waals surface area contributed by atoms with Crippen molar-refractivity contribution in [2.75, 3.05) is 0 Å². The molecule has 1 unspecified atom stereocenters. The number of thioether (sulfide) groups is 1. The second kappa shape index (κ2) is 7.16. The lowest BCUT2D eigenvalue weighted by atomic mass is 10.1. The molecule has 0 aliphatic carbocycles. The van der Waals surface area contributed by atoms with E-state index in [9.17, 15) is 4.79 Å². The summed E-state index contributed by atoms with van der Waals surface area (Å²) >= 11 is 1.37. The van der Waals surface area contributed by atoms with E-state index in [0.717, 1.165) is 5.56 Å². The van der Waals surface area contributed by atoms with E-state index >= 15 is 0 Å². The van der Waals surface area contributed by atoms with E-state index in [2.05, 4.69) is 25.8 Å². The van der Waals surface area contributed by atoms with Crippen molar-refractivity contribution in [3.05, 3.63) is 30.1 Å². The van der Waals surface area contributed by atoms with Gasteiger partial charge in [0.15, 0.2) is 0 Å². The molecule has 0 aromatic carbocycles. The van der Waals surface area contributed by atoms with Gasteiger partial charge in [-0.1, -0.05) is 31.7 Å². The average Bonchev–Trinajstić information content (AvgIpc) is 2.88. The Balaban J connectivity index is 1.98. The summed E-state index contributed by atoms with van der Waals surface area (Å²) in [5.74, 6) is 0.141. The predicted octanol–water partition coefficient (Wildman–Crippen LogP) is 1.04. The van der Waals surface area contributed by atoms with Crippen LogP contribution in [0.2, 0.25) is 0 Å². The van der Waals surface area contributed by atoms with Crippen LogP contribution in [-0.2, 0) is 18.4 Å². The van der Waals surface area contributed by atoms with Gasteiger partial charge in [-0.25, -0.2) is 4.68 Å². The monoisotopic (exact) mass is 306 g/mol. The van der Waals surface area contributed by atoms with Gasteiger partial charge in [-0.05, 0) is 28.0 Å². The molecular formula is C13H18N6OS. The van der Waals surface area contributed by atoms with Gasteiger partial charge in [0.2, 0.25) is 11.1 Å². The Labute approximate surface area is 127 Å². The molecule has 1 amide bonds. The maximum Gasteiger partial charge on any atom is 0.234 e. The first-order chi connectivity index (χ1) is 10.1. The number of carbonyl (C=O) groups is 1. The van der Waals surface area contributed by atoms with E-state index in [4.69, 9.17) is 0 Å². The molecule has 0 saturated heterocycles. The van der Waals surface area contributed by atoms with Crippen LogP contribution in [0.4, 0.5) is 0 Å². The van der Waals surface area contributed by atoms with Gasteiger partial charge < -0.3 is 5.32 Å². The highest BCUT2D eigenvalue weighted by molar-refractivity contribution is 8.00. The van der Waals surface area contributed by atoms with E-state index in [1.54, 1.807) is 24.1 Å². The number of hydrogen-bond donors (Lipinski definition) is 1. The van der Waals surface area contributed by atoms with Crippen molar-refractivity contribution >= 4 is 17.7 Å². The van der Waals surface area contributed by atoms with E-state index in [1.165, 1.54) is 11.8 Å². The zero-order valence-electron chi connectivity index (χ0n) is 12.2. The molecule has 8 heteroatoms. The molecule has 0 aliphatic heterocycles. The largest absolute Gasteiger partial charge is 0.351 e. The van der Waals surface area contributed by atoms with Crippen LogP contribution in [0.5, 0.6) is 0 Å². The van der Waals surface area contributed by atoms with Gasteiger partial charge in [0.1, 0.15) is 0 Å². The number of nitrogens with one attached hydrogen (secondary N) is 1. The predicted molar refractivity (Wildman–Crippen MR) is 79.4 cm³/mol. The maximum absolute atomic E-state index is 12.4. The number of aryl methyl sites for hydroxylation is 1. The minimum atomic E-state index is -0.244. The van der Waals surface area contributed by atoms with Crippen LogP contribution in [0.15, 0.2) is 29.7 Å². The molecule has 0 saturated carbocycles. The van der Waals surface area contributed by atoms with E-state index < -0.39 is 0 Å². The smallest absolute Gasteiger partial charge is 0.234 e. The van der Waals surface area contributed by atoms with Crippen LogP contribution in [0, 0.1) is 5.92 Å². The van der Waals surface area contributed by atoms with Gasteiger partial charge in [0.25, 0.3) is 0 Å². The zero-order valence-corrected chi connectivity index (χ0v) is 13.0. The molecule has 0 aliphatic rings. The number of aromatic nitrogens is 5. The van der Waals surface area contributed by atoms with Crippen molar-refractivity contribution in [3.63, 3.8) is 0 Å². The van der Waals surface area contributed by atoms with Gasteiger partial charge in [0, 0.05) is 26.0 Å². The fourth-order valence-corrected chi connectivity index (χ4v) is 2.68. The Hall–Kier alpha value is -1.96. The molecule has 0 bridgehead atoms. The first kappa shape index (κ1) is 15.4. The summed E-state index contributed by atoms with van der Waals surface area (Å²) in [4.78, 5) is 16.4. The summed E-state index contributed by atoms with van der Waals surface area (Å²) in [5, 5.41) is 14.6. The van der Waals surface area contributed by atoms with Crippen molar-refractivity contribution in [3.8, 4) is 0 Å². The fourth-order valence-electron chi connectivity index (χ4n) is 1.72. The summed E-state index contributed by atoms with van der Waals surface area (Å²) in [6.07, 6.45) is 3.45. The van der Waals surface area contributed by atoms with Gasteiger partial charge in [-0.2, -0.15) is 0 Å². The number of tetrazole rings is 1. The number of hydrogen-bond acceptors (Lipinski definition) is 6. The van der Waals surface area contributed by atoms with Crippen LogP contribution >= 0.6 is 11.8 Å². The van der Waals surface area contributed by atoms with Crippen molar-refractivity contribution in [2.45, 2.75) is 30.8 Å². The molecule has 2 heterocycles. The molecular weight excluding hydrogens is 288 g/mol. The SMILES string of the molecule is CC(C)C(Sc1nnnn1C)C(=O)NCc1cccnc1. The molecule has 0 spiro atoms. The van der Waals surface area contributed by atoms with E-state index in [-0.39, 0.29) is 17.1 Å². The zero-order chi connectivity index (χ0) is 15.2. The lowest BCUT2D eigenvalue weighted by Gasteiger charge is -2.18. The summed E-state index contributed by atoms with van der Waals surface area (Å²) in [5.41, 5.74) is 0.971. The maximum atomic E-state index is 12.4. The van der Waals surface area contributed by atoms with E-state index in [0.29, 0.717) is 11.7 Å². The first-order valence-electron chi connectivity index (χ1n) is 6.63. The standard InChI is InChI=1S/C13H18N6OS/c1-9(2)11(21-13-16-17-18-19(13)3)12(20)15-8-10-5-4-6-14-7-10/h4-7,9,11H,8H2,1-3H3,(H,15,20). The normalized spacial score (nSPS) is 12.4. The summed E-state index contributed by atoms with van der Waals surface area (Å²) in [6, 6.07) is 3.78. The van der Waals surface area contributed by atoms with Crippen molar-refractivity contribution in [1.29, 1.82) is 0 Å². The highest BCUT2D eigenvalue weighted by Gasteiger charge is 2.25. The molecule has 2 aromatic rings. The van der Waals surface area contributed by atoms with Gasteiger partial charge in [0.05, 0.1) is 5.25 Å². The topological polar surface area (TPSA) is 85.6 Å². The fraction of sp³-hybridized carbons (Fsp3) is 0.462. The second-order valence-electron chi connectivity index (χ2n) is 4.95. The third-order valence-electron chi connectivity index (χ3n) is 2.87. The number of amides is 1. The van der Waals surface area contributed by atoms with Crippen LogP contribution in [0.25, 0.3) is 0 Å². The minimum Gasteiger partial charge on any atom is -0.351 e. The van der Waals surface area contributed by atoms with Crippen LogP contribution < -0.4 is 5.32 Å². The number of nitrogens with zero attached hydrogens (tertiary/aromatic N) is 5. The van der Waals surface area contributed by atoms with E-state index in [1.807, 2.05) is 26.0 Å². The highest BCUT2D eigenvalue weighted by Crippen LogP contribution is 2.25. The average molecular weight is 306 g/mol. The van der Waals surface area contributed by atoms with Crippen LogP contribution in [0.3, 0.4) is 0 Å². The molecule has 0 fully saturated rings. The molecule has 2 aromatic heterocycles. The quantitative estimate of drug-likeness (QED) is 0.803. The Morgan fingerprint density at radius 2 is 2.29 bits per heavy atom. The first-order valence-corrected chi connectivity index (χ1v) is 7.51. The van der Waals surface area contributed by atoms with Crippen molar-refractivity contribution in [2.24, 2.45) is 13.0 Å². The Kier molecular flexibility index (Phi) is 5.26. The molecule has 2 rings (SSSR count). The van der Waals surface area contributed by atoms with Gasteiger partial charge in [-0.15, -0.1) is 5.10 Å². The Bertz CT molecular complexity index is 585. The third kappa shape index (κ3) is 4.25.